The van der Waals surface area contributed by atoms with Gasteiger partial charge in [0.2, 0.25) is 0 Å². The summed E-state index contributed by atoms with van der Waals surface area (Å²) in [5.41, 5.74) is 1.48. The Morgan fingerprint density at radius 3 is 2.34 bits per heavy atom. The third kappa shape index (κ3) is 6.48. The number of nitrogens with one attached hydrogen (secondary N) is 1. The summed E-state index contributed by atoms with van der Waals surface area (Å²) in [5, 5.41) is 0.184. The standard InChI is InChI=1S/C26H25ClFN3O3S/c27-25-13-12-23(35(33,34)29-22-10-8-21(28)9-11-22)19-24(25)26(32)31-17-15-30(16-18-31)14-4-7-20-5-2-1-3-6-20/h1-13,19,29H,14-18H2/b7-4+. The Hall–Kier alpha value is -3.20. The SMILES string of the molecule is O=C(c1cc(S(=O)(=O)Nc2ccc(F)cc2)ccc1Cl)N1CCN(C/C=C/c2ccccc2)CC1. The topological polar surface area (TPSA) is 69.7 Å². The fourth-order valence-corrected chi connectivity index (χ4v) is 5.06. The second-order valence-electron chi connectivity index (χ2n) is 8.16. The summed E-state index contributed by atoms with van der Waals surface area (Å²) in [4.78, 5) is 17.0. The van der Waals surface area contributed by atoms with Crippen LogP contribution in [0.25, 0.3) is 6.08 Å². The van der Waals surface area contributed by atoms with Crippen LogP contribution in [0, 0.1) is 5.82 Å². The van der Waals surface area contributed by atoms with Crippen molar-refractivity contribution in [1.29, 1.82) is 0 Å². The number of halogens is 2. The molecule has 0 atom stereocenters. The number of amides is 1. The van der Waals surface area contributed by atoms with Crippen LogP contribution < -0.4 is 4.72 Å². The lowest BCUT2D eigenvalue weighted by atomic mass is 10.1. The molecule has 0 aromatic heterocycles. The number of nitrogens with zero attached hydrogens (tertiary/aromatic N) is 2. The Balaban J connectivity index is 1.39. The summed E-state index contributed by atoms with van der Waals surface area (Å²) in [6.07, 6.45) is 4.18. The van der Waals surface area contributed by atoms with Crippen molar-refractivity contribution in [3.63, 3.8) is 0 Å². The van der Waals surface area contributed by atoms with Crippen LogP contribution in [0.5, 0.6) is 0 Å². The maximum atomic E-state index is 13.2. The van der Waals surface area contributed by atoms with Crippen LogP contribution in [0.1, 0.15) is 15.9 Å². The van der Waals surface area contributed by atoms with Crippen molar-refractivity contribution in [2.75, 3.05) is 37.4 Å². The highest BCUT2D eigenvalue weighted by Gasteiger charge is 2.25. The fraction of sp³-hybridized carbons (Fsp3) is 0.192. The molecule has 4 rings (SSSR count). The number of anilines is 1. The van der Waals surface area contributed by atoms with E-state index in [4.69, 9.17) is 11.6 Å². The van der Waals surface area contributed by atoms with Gasteiger partial charge in [-0.1, -0.05) is 54.1 Å². The quantitative estimate of drug-likeness (QED) is 0.495. The van der Waals surface area contributed by atoms with Crippen molar-refractivity contribution in [2.45, 2.75) is 4.90 Å². The van der Waals surface area contributed by atoms with E-state index in [0.717, 1.165) is 24.2 Å². The molecule has 3 aromatic rings. The van der Waals surface area contributed by atoms with Crippen LogP contribution in [0.3, 0.4) is 0 Å². The molecule has 1 aliphatic rings. The van der Waals surface area contributed by atoms with Crippen molar-refractivity contribution >= 4 is 39.3 Å². The number of benzene rings is 3. The maximum absolute atomic E-state index is 13.2. The Kier molecular flexibility index (Phi) is 7.85. The van der Waals surface area contributed by atoms with Gasteiger partial charge in [0.1, 0.15) is 5.82 Å². The van der Waals surface area contributed by atoms with E-state index in [1.54, 1.807) is 4.90 Å². The molecule has 0 unspecified atom stereocenters. The van der Waals surface area contributed by atoms with Gasteiger partial charge >= 0.3 is 0 Å². The molecule has 0 spiro atoms. The highest BCUT2D eigenvalue weighted by molar-refractivity contribution is 7.92. The summed E-state index contributed by atoms with van der Waals surface area (Å²) in [6, 6.07) is 19.0. The van der Waals surface area contributed by atoms with E-state index in [1.807, 2.05) is 30.3 Å². The van der Waals surface area contributed by atoms with E-state index in [0.29, 0.717) is 26.2 Å². The summed E-state index contributed by atoms with van der Waals surface area (Å²) in [5.74, 6) is -0.784. The van der Waals surface area contributed by atoms with Gasteiger partial charge in [-0.15, -0.1) is 0 Å². The minimum Gasteiger partial charge on any atom is -0.336 e. The van der Waals surface area contributed by atoms with Crippen molar-refractivity contribution < 1.29 is 17.6 Å². The van der Waals surface area contributed by atoms with Gasteiger partial charge in [0, 0.05) is 38.4 Å². The zero-order valence-corrected chi connectivity index (χ0v) is 20.5. The third-order valence-electron chi connectivity index (χ3n) is 5.71. The van der Waals surface area contributed by atoms with E-state index < -0.39 is 15.8 Å². The molecule has 1 saturated heterocycles. The van der Waals surface area contributed by atoms with Gasteiger partial charge in [-0.2, -0.15) is 0 Å². The molecule has 0 saturated carbocycles. The maximum Gasteiger partial charge on any atom is 0.261 e. The third-order valence-corrected chi connectivity index (χ3v) is 7.42. The van der Waals surface area contributed by atoms with E-state index in [1.165, 1.54) is 30.3 Å². The van der Waals surface area contributed by atoms with Crippen LogP contribution >= 0.6 is 11.6 Å². The molecule has 1 heterocycles. The molecule has 1 fully saturated rings. The smallest absolute Gasteiger partial charge is 0.261 e. The molecular formula is C26H25ClFN3O3S. The molecule has 35 heavy (non-hydrogen) atoms. The summed E-state index contributed by atoms with van der Waals surface area (Å²) in [7, 11) is -3.99. The normalized spacial score (nSPS) is 14.9. The van der Waals surface area contributed by atoms with Crippen molar-refractivity contribution in [3.8, 4) is 0 Å². The van der Waals surface area contributed by atoms with Gasteiger partial charge in [0.25, 0.3) is 15.9 Å². The molecule has 0 aliphatic carbocycles. The van der Waals surface area contributed by atoms with E-state index >= 15 is 0 Å². The summed E-state index contributed by atoms with van der Waals surface area (Å²) < 4.78 is 41.1. The Bertz CT molecular complexity index is 1310. The van der Waals surface area contributed by atoms with Gasteiger partial charge in [0.05, 0.1) is 15.5 Å². The van der Waals surface area contributed by atoms with E-state index in [2.05, 4.69) is 21.8 Å². The highest BCUT2D eigenvalue weighted by atomic mass is 35.5. The minimum absolute atomic E-state index is 0.0979. The second-order valence-corrected chi connectivity index (χ2v) is 10.2. The zero-order valence-electron chi connectivity index (χ0n) is 18.9. The first-order chi connectivity index (χ1) is 16.8. The number of carbonyl (C=O) groups excluding carboxylic acids is 1. The first-order valence-electron chi connectivity index (χ1n) is 11.1. The van der Waals surface area contributed by atoms with Gasteiger partial charge in [-0.3, -0.25) is 14.4 Å². The Morgan fingerprint density at radius 2 is 1.66 bits per heavy atom. The average Bonchev–Trinajstić information content (AvgIpc) is 2.86. The molecule has 3 aromatic carbocycles. The van der Waals surface area contributed by atoms with Gasteiger partial charge in [-0.05, 0) is 48.0 Å². The molecule has 182 valence electrons. The van der Waals surface area contributed by atoms with Crippen LogP contribution in [-0.2, 0) is 10.0 Å². The molecule has 6 nitrogen and oxygen atoms in total. The molecule has 0 radical (unpaired) electrons. The van der Waals surface area contributed by atoms with Crippen molar-refractivity contribution in [3.05, 3.63) is 101 Å². The minimum atomic E-state index is -3.99. The van der Waals surface area contributed by atoms with Crippen LogP contribution in [0.2, 0.25) is 5.02 Å². The number of piperazine rings is 1. The van der Waals surface area contributed by atoms with Crippen LogP contribution in [0.15, 0.2) is 83.8 Å². The van der Waals surface area contributed by atoms with Gasteiger partial charge in [-0.25, -0.2) is 12.8 Å². The number of rotatable bonds is 7. The largest absolute Gasteiger partial charge is 0.336 e. The molecule has 1 aliphatic heterocycles. The Labute approximate surface area is 209 Å². The number of hydrogen-bond donors (Lipinski definition) is 1. The molecule has 0 bridgehead atoms. The van der Waals surface area contributed by atoms with E-state index in [9.17, 15) is 17.6 Å². The predicted molar refractivity (Wildman–Crippen MR) is 136 cm³/mol. The Morgan fingerprint density at radius 1 is 0.971 bits per heavy atom. The lowest BCUT2D eigenvalue weighted by molar-refractivity contribution is 0.0650. The lowest BCUT2D eigenvalue weighted by Crippen LogP contribution is -2.48. The first kappa shape index (κ1) is 24.9. The second kappa shape index (κ2) is 11.0. The lowest BCUT2D eigenvalue weighted by Gasteiger charge is -2.34. The molecular weight excluding hydrogens is 489 g/mol. The van der Waals surface area contributed by atoms with Gasteiger partial charge < -0.3 is 4.90 Å². The fourth-order valence-electron chi connectivity index (χ4n) is 3.77. The first-order valence-corrected chi connectivity index (χ1v) is 13.0. The van der Waals surface area contributed by atoms with Crippen molar-refractivity contribution in [2.24, 2.45) is 0 Å². The van der Waals surface area contributed by atoms with E-state index in [-0.39, 0.29) is 27.1 Å². The van der Waals surface area contributed by atoms with Crippen molar-refractivity contribution in [1.82, 2.24) is 9.80 Å². The summed E-state index contributed by atoms with van der Waals surface area (Å²) in [6.45, 7) is 3.21. The zero-order chi connectivity index (χ0) is 24.8. The summed E-state index contributed by atoms with van der Waals surface area (Å²) >= 11 is 6.27. The molecule has 1 N–H and O–H groups in total. The van der Waals surface area contributed by atoms with Gasteiger partial charge in [0.15, 0.2) is 0 Å². The van der Waals surface area contributed by atoms with Crippen LogP contribution in [-0.4, -0.2) is 56.8 Å². The molecule has 9 heteroatoms. The molecule has 1 amide bonds. The highest BCUT2D eigenvalue weighted by Crippen LogP contribution is 2.24. The number of hydrogen-bond acceptors (Lipinski definition) is 4. The number of carbonyl (C=O) groups is 1. The predicted octanol–water partition coefficient (Wildman–Crippen LogP) is 4.75. The monoisotopic (exact) mass is 513 g/mol. The number of sulfonamides is 1. The van der Waals surface area contributed by atoms with Crippen LogP contribution in [0.4, 0.5) is 10.1 Å². The average molecular weight is 514 g/mol.